The third-order valence-electron chi connectivity index (χ3n) is 4.37. The van der Waals surface area contributed by atoms with Gasteiger partial charge < -0.3 is 4.74 Å². The van der Waals surface area contributed by atoms with Gasteiger partial charge in [-0.05, 0) is 42.5 Å². The van der Waals surface area contributed by atoms with E-state index in [2.05, 4.69) is 15.5 Å². The summed E-state index contributed by atoms with van der Waals surface area (Å²) in [5.41, 5.74) is 5.47. The maximum Gasteiger partial charge on any atom is 0.232 e. The normalized spacial score (nSPS) is 10.4. The van der Waals surface area contributed by atoms with Crippen LogP contribution in [0.1, 0.15) is 5.69 Å². The molecule has 0 bridgehead atoms. The summed E-state index contributed by atoms with van der Waals surface area (Å²) in [5, 5.41) is 15.7. The van der Waals surface area contributed by atoms with Crippen LogP contribution in [0, 0.1) is 11.3 Å². The smallest absolute Gasteiger partial charge is 0.232 e. The number of pyridine rings is 1. The van der Waals surface area contributed by atoms with E-state index in [9.17, 15) is 4.79 Å². The molecule has 2 heterocycles. The Labute approximate surface area is 176 Å². The molecule has 1 amide bonds. The summed E-state index contributed by atoms with van der Waals surface area (Å²) in [6, 6.07) is 15.7. The van der Waals surface area contributed by atoms with Crippen molar-refractivity contribution >= 4 is 40.3 Å². The topological polar surface area (TPSA) is 96.1 Å². The molecule has 0 fully saturated rings. The van der Waals surface area contributed by atoms with E-state index in [4.69, 9.17) is 21.6 Å². The molecule has 4 rings (SSSR count). The Kier molecular flexibility index (Phi) is 5.20. The molecular formula is C21H15ClN6O2. The number of fused-ring (bicyclic) bond motifs is 1. The lowest BCUT2D eigenvalue weighted by Gasteiger charge is -2.20. The number of carbonyl (C=O) groups excluding carboxylic acids is 1. The minimum absolute atomic E-state index is 0.245. The molecule has 1 N–H and O–H groups in total. The van der Waals surface area contributed by atoms with Crippen molar-refractivity contribution in [3.05, 3.63) is 71.6 Å². The first-order valence-corrected chi connectivity index (χ1v) is 9.21. The van der Waals surface area contributed by atoms with E-state index in [1.165, 1.54) is 17.3 Å². The maximum absolute atomic E-state index is 11.7. The molecule has 8 nitrogen and oxygen atoms in total. The number of aromatic nitrogens is 3. The van der Waals surface area contributed by atoms with Gasteiger partial charge in [0.25, 0.3) is 0 Å². The van der Waals surface area contributed by atoms with Gasteiger partial charge in [-0.2, -0.15) is 10.4 Å². The van der Waals surface area contributed by atoms with Crippen molar-refractivity contribution in [2.45, 2.75) is 0 Å². The number of hydrazine groups is 1. The van der Waals surface area contributed by atoms with E-state index >= 15 is 0 Å². The molecule has 0 aliphatic rings. The van der Waals surface area contributed by atoms with E-state index in [0.717, 1.165) is 10.9 Å². The van der Waals surface area contributed by atoms with Crippen LogP contribution in [-0.2, 0) is 11.8 Å². The SMILES string of the molecule is Cn1ncc2cc(N(C=O)Nc3ccc(Oc4ccnc(C#N)c4)c(Cl)c3)ccc21. The van der Waals surface area contributed by atoms with Gasteiger partial charge in [-0.1, -0.05) is 11.6 Å². The second kappa shape index (κ2) is 8.11. The van der Waals surface area contributed by atoms with Gasteiger partial charge in [-0.3, -0.25) is 14.9 Å². The van der Waals surface area contributed by atoms with E-state index < -0.39 is 0 Å². The molecule has 0 radical (unpaired) electrons. The first kappa shape index (κ1) is 19.2. The summed E-state index contributed by atoms with van der Waals surface area (Å²) in [4.78, 5) is 15.6. The van der Waals surface area contributed by atoms with Gasteiger partial charge in [0.1, 0.15) is 23.3 Å². The molecule has 148 valence electrons. The Morgan fingerprint density at radius 1 is 1.23 bits per heavy atom. The summed E-state index contributed by atoms with van der Waals surface area (Å²) in [6.07, 6.45) is 3.90. The number of carbonyl (C=O) groups is 1. The van der Waals surface area contributed by atoms with Crippen LogP contribution >= 0.6 is 11.6 Å². The molecule has 0 saturated heterocycles. The predicted octanol–water partition coefficient (Wildman–Crippen LogP) is 4.28. The molecule has 0 saturated carbocycles. The third-order valence-corrected chi connectivity index (χ3v) is 4.66. The molecule has 0 aliphatic carbocycles. The van der Waals surface area contributed by atoms with Gasteiger partial charge in [0, 0.05) is 24.7 Å². The lowest BCUT2D eigenvalue weighted by molar-refractivity contribution is -0.107. The van der Waals surface area contributed by atoms with Crippen LogP contribution in [0.2, 0.25) is 5.02 Å². The standard InChI is InChI=1S/C21H15ClN6O2/c1-27-20-4-3-17(8-14(20)12-25-27)28(13-29)26-15-2-5-21(19(22)10-15)30-18-6-7-24-16(9-18)11-23/h2-10,12-13,26H,1H3. The number of nitriles is 1. The Hall–Kier alpha value is -4.09. The van der Waals surface area contributed by atoms with Crippen LogP contribution in [0.25, 0.3) is 10.9 Å². The van der Waals surface area contributed by atoms with Crippen molar-refractivity contribution in [1.82, 2.24) is 14.8 Å². The fourth-order valence-corrected chi connectivity index (χ4v) is 3.13. The van der Waals surface area contributed by atoms with Crippen LogP contribution < -0.4 is 15.2 Å². The van der Waals surface area contributed by atoms with Crippen molar-refractivity contribution in [1.29, 1.82) is 5.26 Å². The van der Waals surface area contributed by atoms with E-state index in [1.807, 2.05) is 31.3 Å². The van der Waals surface area contributed by atoms with Gasteiger partial charge in [0.05, 0.1) is 28.1 Å². The predicted molar refractivity (Wildman–Crippen MR) is 113 cm³/mol. The third kappa shape index (κ3) is 3.87. The first-order chi connectivity index (χ1) is 14.6. The molecule has 0 aliphatic heterocycles. The number of nitrogens with zero attached hydrogens (tertiary/aromatic N) is 5. The van der Waals surface area contributed by atoms with Crippen LogP contribution in [-0.4, -0.2) is 21.2 Å². The fourth-order valence-electron chi connectivity index (χ4n) is 2.91. The van der Waals surface area contributed by atoms with E-state index in [-0.39, 0.29) is 5.69 Å². The van der Waals surface area contributed by atoms with Crippen molar-refractivity contribution in [3.63, 3.8) is 0 Å². The molecule has 9 heteroatoms. The van der Waals surface area contributed by atoms with Crippen molar-refractivity contribution in [2.75, 3.05) is 10.4 Å². The lowest BCUT2D eigenvalue weighted by Crippen LogP contribution is -2.27. The van der Waals surface area contributed by atoms with Crippen LogP contribution in [0.4, 0.5) is 11.4 Å². The van der Waals surface area contributed by atoms with Gasteiger partial charge >= 0.3 is 0 Å². The van der Waals surface area contributed by atoms with E-state index in [1.54, 1.807) is 35.1 Å². The molecular weight excluding hydrogens is 404 g/mol. The maximum atomic E-state index is 11.7. The van der Waals surface area contributed by atoms with Crippen LogP contribution in [0.3, 0.4) is 0 Å². The molecule has 0 atom stereocenters. The molecule has 30 heavy (non-hydrogen) atoms. The summed E-state index contributed by atoms with van der Waals surface area (Å²) >= 11 is 6.34. The molecule has 2 aromatic heterocycles. The average Bonchev–Trinajstić information content (AvgIpc) is 3.14. The highest BCUT2D eigenvalue weighted by Crippen LogP contribution is 2.32. The van der Waals surface area contributed by atoms with Gasteiger partial charge in [-0.25, -0.2) is 9.99 Å². The quantitative estimate of drug-likeness (QED) is 0.371. The second-order valence-electron chi connectivity index (χ2n) is 6.33. The fraction of sp³-hybridized carbons (Fsp3) is 0.0476. The summed E-state index contributed by atoms with van der Waals surface area (Å²) in [6.45, 7) is 0. The number of amides is 1. The van der Waals surface area contributed by atoms with Crippen molar-refractivity contribution < 1.29 is 9.53 Å². The zero-order valence-corrected chi connectivity index (χ0v) is 16.5. The van der Waals surface area contributed by atoms with Gasteiger partial charge in [0.15, 0.2) is 0 Å². The number of nitrogens with one attached hydrogen (secondary N) is 1. The Balaban J connectivity index is 1.53. The number of hydrogen-bond donors (Lipinski definition) is 1. The summed E-state index contributed by atoms with van der Waals surface area (Å²) in [7, 11) is 1.86. The summed E-state index contributed by atoms with van der Waals surface area (Å²) < 4.78 is 7.49. The minimum Gasteiger partial charge on any atom is -0.456 e. The summed E-state index contributed by atoms with van der Waals surface area (Å²) in [5.74, 6) is 0.857. The number of hydrogen-bond acceptors (Lipinski definition) is 6. The van der Waals surface area contributed by atoms with Gasteiger partial charge in [0.2, 0.25) is 6.41 Å². The Morgan fingerprint density at radius 3 is 2.87 bits per heavy atom. The Bertz CT molecular complexity index is 1280. The number of aryl methyl sites for hydroxylation is 1. The number of halogens is 1. The Morgan fingerprint density at radius 2 is 2.10 bits per heavy atom. The van der Waals surface area contributed by atoms with Crippen molar-refractivity contribution in [2.24, 2.45) is 7.05 Å². The molecule has 0 unspecified atom stereocenters. The highest BCUT2D eigenvalue weighted by atomic mass is 35.5. The number of benzene rings is 2. The van der Waals surface area contributed by atoms with Crippen LogP contribution in [0.15, 0.2) is 60.9 Å². The van der Waals surface area contributed by atoms with Gasteiger partial charge in [-0.15, -0.1) is 0 Å². The lowest BCUT2D eigenvalue weighted by atomic mass is 10.2. The number of rotatable bonds is 6. The monoisotopic (exact) mass is 418 g/mol. The number of ether oxygens (including phenoxy) is 1. The highest BCUT2D eigenvalue weighted by Gasteiger charge is 2.11. The molecule has 4 aromatic rings. The van der Waals surface area contributed by atoms with E-state index in [0.29, 0.717) is 34.3 Å². The zero-order valence-electron chi connectivity index (χ0n) is 15.8. The van der Waals surface area contributed by atoms with Crippen LogP contribution in [0.5, 0.6) is 11.5 Å². The average molecular weight is 419 g/mol. The number of anilines is 2. The first-order valence-electron chi connectivity index (χ1n) is 8.84. The molecule has 0 spiro atoms. The second-order valence-corrected chi connectivity index (χ2v) is 6.74. The minimum atomic E-state index is 0.245. The zero-order chi connectivity index (χ0) is 21.1. The largest absolute Gasteiger partial charge is 0.456 e. The highest BCUT2D eigenvalue weighted by molar-refractivity contribution is 6.32. The molecule has 2 aromatic carbocycles. The van der Waals surface area contributed by atoms with Crippen molar-refractivity contribution in [3.8, 4) is 17.6 Å².